The van der Waals surface area contributed by atoms with Gasteiger partial charge in [0, 0.05) is 24.4 Å². The maximum Gasteiger partial charge on any atom is 0.227 e. The minimum atomic E-state index is 0.0246. The van der Waals surface area contributed by atoms with Crippen LogP contribution in [0.15, 0.2) is 28.8 Å². The van der Waals surface area contributed by atoms with Gasteiger partial charge in [-0.15, -0.1) is 0 Å². The van der Waals surface area contributed by atoms with Gasteiger partial charge in [-0.3, -0.25) is 4.79 Å². The summed E-state index contributed by atoms with van der Waals surface area (Å²) in [6.45, 7) is 6.13. The van der Waals surface area contributed by atoms with Gasteiger partial charge in [-0.05, 0) is 25.8 Å². The first kappa shape index (κ1) is 16.2. The first-order chi connectivity index (χ1) is 10.6. The van der Waals surface area contributed by atoms with Crippen LogP contribution in [0.2, 0.25) is 0 Å². The lowest BCUT2D eigenvalue weighted by Gasteiger charge is -2.11. The second-order valence-electron chi connectivity index (χ2n) is 5.58. The average Bonchev–Trinajstić information content (AvgIpc) is 2.94. The molecule has 2 aromatic rings. The summed E-state index contributed by atoms with van der Waals surface area (Å²) in [5, 5.41) is 6.97. The molecule has 1 aromatic heterocycles. The molecule has 0 saturated heterocycles. The summed E-state index contributed by atoms with van der Waals surface area (Å²) in [5.74, 6) is 1.10. The van der Waals surface area contributed by atoms with Crippen molar-refractivity contribution in [2.24, 2.45) is 0 Å². The van der Waals surface area contributed by atoms with Gasteiger partial charge in [-0.1, -0.05) is 42.8 Å². The molecule has 2 rings (SSSR count). The number of rotatable bonds is 7. The highest BCUT2D eigenvalue weighted by Gasteiger charge is 2.12. The van der Waals surface area contributed by atoms with E-state index in [0.717, 1.165) is 24.0 Å². The van der Waals surface area contributed by atoms with E-state index in [2.05, 4.69) is 22.4 Å². The zero-order chi connectivity index (χ0) is 15.9. The molecule has 0 aliphatic heterocycles. The minimum absolute atomic E-state index is 0.0246. The highest BCUT2D eigenvalue weighted by molar-refractivity contribution is 5.76. The molecule has 0 aliphatic carbocycles. The molecular weight excluding hydrogens is 278 g/mol. The Hall–Kier alpha value is -2.17. The summed E-state index contributed by atoms with van der Waals surface area (Å²) < 4.78 is 5.24. The van der Waals surface area contributed by atoms with Gasteiger partial charge in [0.15, 0.2) is 0 Å². The first-order valence-electron chi connectivity index (χ1n) is 7.78. The summed E-state index contributed by atoms with van der Waals surface area (Å²) in [7, 11) is 0. The van der Waals surface area contributed by atoms with Crippen LogP contribution in [0.3, 0.4) is 0 Å². The zero-order valence-electron chi connectivity index (χ0n) is 13.4. The van der Waals surface area contributed by atoms with Crippen LogP contribution in [0.25, 0.3) is 11.4 Å². The quantitative estimate of drug-likeness (QED) is 0.852. The summed E-state index contributed by atoms with van der Waals surface area (Å²) >= 11 is 0. The largest absolute Gasteiger partial charge is 0.354 e. The Morgan fingerprint density at radius 1 is 1.36 bits per heavy atom. The number of aryl methyl sites for hydroxylation is 2. The summed E-state index contributed by atoms with van der Waals surface area (Å²) in [4.78, 5) is 16.2. The molecule has 118 valence electrons. The number of benzene rings is 1. The van der Waals surface area contributed by atoms with E-state index in [0.29, 0.717) is 24.6 Å². The van der Waals surface area contributed by atoms with Crippen molar-refractivity contribution in [1.29, 1.82) is 0 Å². The number of hydrogen-bond acceptors (Lipinski definition) is 4. The van der Waals surface area contributed by atoms with E-state index in [1.165, 1.54) is 0 Å². The highest BCUT2D eigenvalue weighted by atomic mass is 16.5. The molecule has 0 unspecified atom stereocenters. The predicted molar refractivity (Wildman–Crippen MR) is 85.3 cm³/mol. The van der Waals surface area contributed by atoms with Crippen LogP contribution in [0.1, 0.15) is 44.6 Å². The van der Waals surface area contributed by atoms with E-state index in [1.54, 1.807) is 0 Å². The Morgan fingerprint density at radius 2 is 2.14 bits per heavy atom. The monoisotopic (exact) mass is 301 g/mol. The van der Waals surface area contributed by atoms with Crippen LogP contribution in [0.4, 0.5) is 0 Å². The van der Waals surface area contributed by atoms with Crippen LogP contribution >= 0.6 is 0 Å². The maximum absolute atomic E-state index is 11.8. The molecule has 1 amide bonds. The van der Waals surface area contributed by atoms with Gasteiger partial charge >= 0.3 is 0 Å². The summed E-state index contributed by atoms with van der Waals surface area (Å²) in [6.07, 6.45) is 2.88. The van der Waals surface area contributed by atoms with Gasteiger partial charge in [0.25, 0.3) is 0 Å². The molecule has 5 nitrogen and oxygen atoms in total. The molecule has 1 N–H and O–H groups in total. The molecule has 1 aromatic carbocycles. The third-order valence-electron chi connectivity index (χ3n) is 3.55. The van der Waals surface area contributed by atoms with Crippen LogP contribution in [-0.4, -0.2) is 22.1 Å². The summed E-state index contributed by atoms with van der Waals surface area (Å²) in [6, 6.07) is 8.10. The van der Waals surface area contributed by atoms with Gasteiger partial charge in [0.2, 0.25) is 17.6 Å². The fraction of sp³-hybridized carbons (Fsp3) is 0.471. The Labute approximate surface area is 131 Å². The van der Waals surface area contributed by atoms with Crippen molar-refractivity contribution in [2.45, 2.75) is 52.5 Å². The Kier molecular flexibility index (Phi) is 5.69. The lowest BCUT2D eigenvalue weighted by molar-refractivity contribution is -0.121. The molecule has 0 saturated carbocycles. The standard InChI is InChI=1S/C17H23N3O2/c1-4-7-13(3)18-15(21)10-11-16-19-17(20-22-16)14-9-6-5-8-12(14)2/h5-6,8-9,13H,4,7,10-11H2,1-3H3,(H,18,21)/t13-/m1/s1. The van der Waals surface area contributed by atoms with Gasteiger partial charge in [0.1, 0.15) is 0 Å². The van der Waals surface area contributed by atoms with Crippen molar-refractivity contribution in [2.75, 3.05) is 0 Å². The number of carbonyl (C=O) groups is 1. The molecule has 0 bridgehead atoms. The predicted octanol–water partition coefficient (Wildman–Crippen LogP) is 3.28. The van der Waals surface area contributed by atoms with E-state index >= 15 is 0 Å². The highest BCUT2D eigenvalue weighted by Crippen LogP contribution is 2.20. The Morgan fingerprint density at radius 3 is 2.86 bits per heavy atom. The van der Waals surface area contributed by atoms with E-state index < -0.39 is 0 Å². The molecule has 1 atom stereocenters. The van der Waals surface area contributed by atoms with Gasteiger partial charge < -0.3 is 9.84 Å². The molecule has 22 heavy (non-hydrogen) atoms. The SMILES string of the molecule is CCC[C@@H](C)NC(=O)CCc1nc(-c2ccccc2C)no1. The fourth-order valence-electron chi connectivity index (χ4n) is 2.36. The normalized spacial score (nSPS) is 12.1. The van der Waals surface area contributed by atoms with Crippen LogP contribution in [-0.2, 0) is 11.2 Å². The number of hydrogen-bond donors (Lipinski definition) is 1. The molecule has 5 heteroatoms. The van der Waals surface area contributed by atoms with Gasteiger partial charge in [0.05, 0.1) is 0 Å². The number of aromatic nitrogens is 2. The number of carbonyl (C=O) groups excluding carboxylic acids is 1. The molecule has 0 radical (unpaired) electrons. The Bertz CT molecular complexity index is 622. The van der Waals surface area contributed by atoms with E-state index in [-0.39, 0.29) is 11.9 Å². The molecule has 0 spiro atoms. The van der Waals surface area contributed by atoms with Crippen molar-refractivity contribution in [3.05, 3.63) is 35.7 Å². The average molecular weight is 301 g/mol. The zero-order valence-corrected chi connectivity index (χ0v) is 13.4. The van der Waals surface area contributed by atoms with Crippen molar-refractivity contribution in [1.82, 2.24) is 15.5 Å². The van der Waals surface area contributed by atoms with Crippen molar-refractivity contribution < 1.29 is 9.32 Å². The number of nitrogens with one attached hydrogen (secondary N) is 1. The minimum Gasteiger partial charge on any atom is -0.354 e. The third kappa shape index (κ3) is 4.41. The van der Waals surface area contributed by atoms with Crippen LogP contribution in [0.5, 0.6) is 0 Å². The third-order valence-corrected chi connectivity index (χ3v) is 3.55. The van der Waals surface area contributed by atoms with Crippen molar-refractivity contribution in [3.63, 3.8) is 0 Å². The topological polar surface area (TPSA) is 68.0 Å². The lowest BCUT2D eigenvalue weighted by Crippen LogP contribution is -2.32. The fourth-order valence-corrected chi connectivity index (χ4v) is 2.36. The number of amides is 1. The van der Waals surface area contributed by atoms with Crippen LogP contribution in [0, 0.1) is 6.92 Å². The van der Waals surface area contributed by atoms with Crippen molar-refractivity contribution >= 4 is 5.91 Å². The van der Waals surface area contributed by atoms with Crippen LogP contribution < -0.4 is 5.32 Å². The van der Waals surface area contributed by atoms with E-state index in [4.69, 9.17) is 4.52 Å². The first-order valence-corrected chi connectivity index (χ1v) is 7.78. The summed E-state index contributed by atoms with van der Waals surface area (Å²) in [5.41, 5.74) is 2.06. The second-order valence-corrected chi connectivity index (χ2v) is 5.58. The van der Waals surface area contributed by atoms with E-state index in [1.807, 2.05) is 38.1 Å². The van der Waals surface area contributed by atoms with Crippen molar-refractivity contribution in [3.8, 4) is 11.4 Å². The van der Waals surface area contributed by atoms with Gasteiger partial charge in [-0.2, -0.15) is 4.98 Å². The van der Waals surface area contributed by atoms with E-state index in [9.17, 15) is 4.79 Å². The maximum atomic E-state index is 11.8. The second kappa shape index (κ2) is 7.73. The van der Waals surface area contributed by atoms with Gasteiger partial charge in [-0.25, -0.2) is 0 Å². The smallest absolute Gasteiger partial charge is 0.227 e. The Balaban J connectivity index is 1.90. The molecule has 0 fully saturated rings. The lowest BCUT2D eigenvalue weighted by atomic mass is 10.1. The molecule has 1 heterocycles. The molecule has 0 aliphatic rings. The number of nitrogens with zero attached hydrogens (tertiary/aromatic N) is 2. The molecular formula is C17H23N3O2.